The molecular weight excluding hydrogens is 226 g/mol. The number of ketones is 1. The normalized spacial score (nSPS) is 11.4. The lowest BCUT2D eigenvalue weighted by Crippen LogP contribution is -2.16. The number of furan rings is 1. The molecule has 1 heterocycles. The predicted molar refractivity (Wildman–Crippen MR) is 73.2 cm³/mol. The number of carbonyl (C=O) groups excluding carboxylic acids is 1. The summed E-state index contributed by atoms with van der Waals surface area (Å²) in [6, 6.07) is 6.04. The fourth-order valence-corrected chi connectivity index (χ4v) is 2.04. The number of hydrogen-bond donors (Lipinski definition) is 0. The van der Waals surface area contributed by atoms with Crippen LogP contribution in [0.1, 0.15) is 28.1 Å². The second-order valence-electron chi connectivity index (χ2n) is 5.03. The van der Waals surface area contributed by atoms with Gasteiger partial charge in [-0.25, -0.2) is 0 Å². The molecule has 0 N–H and O–H groups in total. The summed E-state index contributed by atoms with van der Waals surface area (Å²) < 4.78 is 5.71. The van der Waals surface area contributed by atoms with Gasteiger partial charge in [0.15, 0.2) is 11.5 Å². The van der Waals surface area contributed by atoms with Crippen LogP contribution in [-0.2, 0) is 0 Å². The van der Waals surface area contributed by atoms with Gasteiger partial charge in [0.2, 0.25) is 0 Å². The summed E-state index contributed by atoms with van der Waals surface area (Å²) in [5, 5.41) is 1.04. The SMILES string of the molecule is Cc1ccc2c(C)c(C(=O)CCN(C)C)oc2c1. The van der Waals surface area contributed by atoms with E-state index in [9.17, 15) is 4.79 Å². The van der Waals surface area contributed by atoms with E-state index in [1.807, 2.05) is 51.0 Å². The standard InChI is InChI=1S/C15H19NO2/c1-10-5-6-12-11(2)15(18-14(12)9-10)13(17)7-8-16(3)4/h5-6,9H,7-8H2,1-4H3. The summed E-state index contributed by atoms with van der Waals surface area (Å²) in [5.74, 6) is 0.590. The molecule has 0 saturated carbocycles. The maximum Gasteiger partial charge on any atom is 0.199 e. The van der Waals surface area contributed by atoms with Crippen molar-refractivity contribution in [3.05, 3.63) is 35.1 Å². The molecule has 0 fully saturated rings. The van der Waals surface area contributed by atoms with Crippen LogP contribution in [0, 0.1) is 13.8 Å². The van der Waals surface area contributed by atoms with Crippen molar-refractivity contribution < 1.29 is 9.21 Å². The van der Waals surface area contributed by atoms with Gasteiger partial charge in [0.05, 0.1) is 0 Å². The molecule has 1 aromatic heterocycles. The molecule has 96 valence electrons. The van der Waals surface area contributed by atoms with E-state index >= 15 is 0 Å². The van der Waals surface area contributed by atoms with E-state index in [-0.39, 0.29) is 5.78 Å². The van der Waals surface area contributed by atoms with Gasteiger partial charge in [-0.1, -0.05) is 12.1 Å². The molecule has 0 saturated heterocycles. The summed E-state index contributed by atoms with van der Waals surface area (Å²) in [6.07, 6.45) is 0.493. The van der Waals surface area contributed by atoms with Crippen molar-refractivity contribution in [1.29, 1.82) is 0 Å². The largest absolute Gasteiger partial charge is 0.453 e. The Bertz CT molecular complexity index is 581. The number of aryl methyl sites for hydroxylation is 2. The van der Waals surface area contributed by atoms with Crippen molar-refractivity contribution >= 4 is 16.8 Å². The Balaban J connectivity index is 2.33. The smallest absolute Gasteiger partial charge is 0.199 e. The Morgan fingerprint density at radius 3 is 2.67 bits per heavy atom. The first-order valence-electron chi connectivity index (χ1n) is 6.16. The number of nitrogens with zero attached hydrogens (tertiary/aromatic N) is 1. The highest BCUT2D eigenvalue weighted by Gasteiger charge is 2.17. The molecular formula is C15H19NO2. The van der Waals surface area contributed by atoms with Crippen molar-refractivity contribution in [2.75, 3.05) is 20.6 Å². The third kappa shape index (κ3) is 2.46. The molecule has 0 aliphatic heterocycles. The summed E-state index contributed by atoms with van der Waals surface area (Å²) in [4.78, 5) is 14.1. The quantitative estimate of drug-likeness (QED) is 0.776. The van der Waals surface area contributed by atoms with Gasteiger partial charge < -0.3 is 9.32 Å². The topological polar surface area (TPSA) is 33.5 Å². The molecule has 1 aromatic carbocycles. The highest BCUT2D eigenvalue weighted by molar-refractivity contribution is 6.00. The van der Waals surface area contributed by atoms with Gasteiger partial charge >= 0.3 is 0 Å². The van der Waals surface area contributed by atoms with Crippen molar-refractivity contribution in [2.24, 2.45) is 0 Å². The molecule has 0 spiro atoms. The van der Waals surface area contributed by atoms with E-state index in [0.29, 0.717) is 12.2 Å². The molecule has 0 atom stereocenters. The highest BCUT2D eigenvalue weighted by Crippen LogP contribution is 2.26. The van der Waals surface area contributed by atoms with Gasteiger partial charge in [-0.15, -0.1) is 0 Å². The van der Waals surface area contributed by atoms with Crippen LogP contribution in [0.5, 0.6) is 0 Å². The van der Waals surface area contributed by atoms with E-state index in [2.05, 4.69) is 0 Å². The van der Waals surface area contributed by atoms with Crippen LogP contribution in [-0.4, -0.2) is 31.3 Å². The van der Waals surface area contributed by atoms with Crippen LogP contribution in [0.15, 0.2) is 22.6 Å². The Labute approximate surface area is 107 Å². The average molecular weight is 245 g/mol. The zero-order chi connectivity index (χ0) is 13.3. The predicted octanol–water partition coefficient (Wildman–Crippen LogP) is 3.18. The zero-order valence-corrected chi connectivity index (χ0v) is 11.4. The van der Waals surface area contributed by atoms with Crippen LogP contribution >= 0.6 is 0 Å². The second-order valence-corrected chi connectivity index (χ2v) is 5.03. The van der Waals surface area contributed by atoms with Crippen LogP contribution in [0.25, 0.3) is 11.0 Å². The lowest BCUT2D eigenvalue weighted by Gasteiger charge is -2.07. The maximum absolute atomic E-state index is 12.1. The minimum Gasteiger partial charge on any atom is -0.453 e. The number of hydrogen-bond acceptors (Lipinski definition) is 3. The fourth-order valence-electron chi connectivity index (χ4n) is 2.04. The number of Topliss-reactive ketones (excluding diaryl/α,β-unsaturated/α-hetero) is 1. The zero-order valence-electron chi connectivity index (χ0n) is 11.4. The summed E-state index contributed by atoms with van der Waals surface area (Å²) in [5.41, 5.74) is 2.90. The Hall–Kier alpha value is -1.61. The van der Waals surface area contributed by atoms with E-state index < -0.39 is 0 Å². The molecule has 18 heavy (non-hydrogen) atoms. The molecule has 0 aliphatic rings. The highest BCUT2D eigenvalue weighted by atomic mass is 16.3. The van der Waals surface area contributed by atoms with Crippen molar-refractivity contribution in [1.82, 2.24) is 4.90 Å². The fraction of sp³-hybridized carbons (Fsp3) is 0.400. The molecule has 2 aromatic rings. The lowest BCUT2D eigenvalue weighted by molar-refractivity contribution is 0.0947. The minimum atomic E-state index is 0.0788. The van der Waals surface area contributed by atoms with Gasteiger partial charge in [-0.3, -0.25) is 4.79 Å². The summed E-state index contributed by atoms with van der Waals surface area (Å²) in [7, 11) is 3.92. The first-order chi connectivity index (χ1) is 8.49. The summed E-state index contributed by atoms with van der Waals surface area (Å²) >= 11 is 0. The van der Waals surface area contributed by atoms with Gasteiger partial charge in [-0.05, 0) is 39.6 Å². The molecule has 3 heteroatoms. The first kappa shape index (κ1) is 12.8. The van der Waals surface area contributed by atoms with Crippen LogP contribution in [0.4, 0.5) is 0 Å². The molecule has 0 aliphatic carbocycles. The van der Waals surface area contributed by atoms with Crippen LogP contribution < -0.4 is 0 Å². The van der Waals surface area contributed by atoms with Gasteiger partial charge in [0.25, 0.3) is 0 Å². The Morgan fingerprint density at radius 2 is 2.00 bits per heavy atom. The van der Waals surface area contributed by atoms with E-state index in [4.69, 9.17) is 4.42 Å². The van der Waals surface area contributed by atoms with Gasteiger partial charge in [-0.2, -0.15) is 0 Å². The number of carbonyl (C=O) groups is 1. The first-order valence-corrected chi connectivity index (χ1v) is 6.16. The molecule has 0 unspecified atom stereocenters. The van der Waals surface area contributed by atoms with Gasteiger partial charge in [0.1, 0.15) is 5.58 Å². The second kappa shape index (κ2) is 4.94. The molecule has 2 rings (SSSR count). The van der Waals surface area contributed by atoms with Crippen molar-refractivity contribution in [3.63, 3.8) is 0 Å². The Morgan fingerprint density at radius 1 is 1.28 bits per heavy atom. The Kier molecular flexibility index (Phi) is 3.53. The summed E-state index contributed by atoms with van der Waals surface area (Å²) in [6.45, 7) is 4.71. The van der Waals surface area contributed by atoms with E-state index in [1.165, 1.54) is 0 Å². The molecule has 0 radical (unpaired) electrons. The molecule has 0 amide bonds. The molecule has 0 bridgehead atoms. The number of fused-ring (bicyclic) bond motifs is 1. The number of rotatable bonds is 4. The van der Waals surface area contributed by atoms with Crippen LogP contribution in [0.3, 0.4) is 0 Å². The van der Waals surface area contributed by atoms with Crippen molar-refractivity contribution in [2.45, 2.75) is 20.3 Å². The average Bonchev–Trinajstić information content (AvgIpc) is 2.63. The van der Waals surface area contributed by atoms with Crippen LogP contribution in [0.2, 0.25) is 0 Å². The minimum absolute atomic E-state index is 0.0788. The third-order valence-corrected chi connectivity index (χ3v) is 3.13. The number of benzene rings is 1. The van der Waals surface area contributed by atoms with Gasteiger partial charge in [0, 0.05) is 23.9 Å². The molecule has 3 nitrogen and oxygen atoms in total. The van der Waals surface area contributed by atoms with E-state index in [1.54, 1.807) is 0 Å². The lowest BCUT2D eigenvalue weighted by atomic mass is 10.1. The third-order valence-electron chi connectivity index (χ3n) is 3.13. The van der Waals surface area contributed by atoms with E-state index in [0.717, 1.165) is 28.6 Å². The monoisotopic (exact) mass is 245 g/mol. The maximum atomic E-state index is 12.1. The van der Waals surface area contributed by atoms with Crippen molar-refractivity contribution in [3.8, 4) is 0 Å².